The zero-order chi connectivity index (χ0) is 21.0. The number of nitro benzene ring substituents is 1. The molecule has 0 radical (unpaired) electrons. The summed E-state index contributed by atoms with van der Waals surface area (Å²) >= 11 is 0. The van der Waals surface area contributed by atoms with Crippen LogP contribution in [0.2, 0.25) is 0 Å². The lowest BCUT2D eigenvalue weighted by Crippen LogP contribution is -2.44. The molecule has 2 fully saturated rings. The third kappa shape index (κ3) is 5.59. The molecule has 7 nitrogen and oxygen atoms in total. The maximum Gasteiger partial charge on any atom is 0.401 e. The number of amides is 1. The van der Waals surface area contributed by atoms with Crippen molar-refractivity contribution in [1.29, 1.82) is 0 Å². The van der Waals surface area contributed by atoms with Crippen LogP contribution in [0.5, 0.6) is 0 Å². The van der Waals surface area contributed by atoms with Crippen molar-refractivity contribution in [3.63, 3.8) is 0 Å². The molecule has 2 aliphatic rings. The molecule has 0 bridgehead atoms. The third-order valence-corrected chi connectivity index (χ3v) is 5.57. The van der Waals surface area contributed by atoms with Gasteiger partial charge in [-0.1, -0.05) is 12.1 Å². The molecular weight excluding hydrogens is 389 g/mol. The van der Waals surface area contributed by atoms with Crippen molar-refractivity contribution >= 4 is 17.3 Å². The van der Waals surface area contributed by atoms with Crippen LogP contribution < -0.4 is 4.90 Å². The largest absolute Gasteiger partial charge is 0.401 e. The molecule has 1 aromatic rings. The van der Waals surface area contributed by atoms with Gasteiger partial charge in [-0.2, -0.15) is 13.2 Å². The lowest BCUT2D eigenvalue weighted by Gasteiger charge is -2.35. The number of para-hydroxylation sites is 2. The average molecular weight is 414 g/mol. The lowest BCUT2D eigenvalue weighted by molar-refractivity contribution is -0.384. The maximum atomic E-state index is 12.9. The highest BCUT2D eigenvalue weighted by Crippen LogP contribution is 2.31. The normalized spacial score (nSPS) is 19.8. The van der Waals surface area contributed by atoms with E-state index in [1.54, 1.807) is 23.1 Å². The molecule has 0 unspecified atom stereocenters. The summed E-state index contributed by atoms with van der Waals surface area (Å²) in [4.78, 5) is 28.7. The molecule has 0 N–H and O–H groups in total. The fourth-order valence-electron chi connectivity index (χ4n) is 4.11. The first-order valence-corrected chi connectivity index (χ1v) is 9.81. The number of rotatable bonds is 4. The monoisotopic (exact) mass is 414 g/mol. The van der Waals surface area contributed by atoms with Crippen LogP contribution in [0.4, 0.5) is 24.5 Å². The number of piperidine rings is 1. The number of hydrogen-bond acceptors (Lipinski definition) is 5. The van der Waals surface area contributed by atoms with Gasteiger partial charge < -0.3 is 9.80 Å². The van der Waals surface area contributed by atoms with Crippen molar-refractivity contribution in [2.45, 2.75) is 25.4 Å². The minimum Gasteiger partial charge on any atom is -0.366 e. The smallest absolute Gasteiger partial charge is 0.366 e. The van der Waals surface area contributed by atoms with E-state index < -0.39 is 17.6 Å². The summed E-state index contributed by atoms with van der Waals surface area (Å²) in [6.07, 6.45) is -2.55. The molecule has 2 heterocycles. The molecule has 1 amide bonds. The summed E-state index contributed by atoms with van der Waals surface area (Å²) in [6.45, 7) is 1.46. The topological polar surface area (TPSA) is 69.9 Å². The maximum absolute atomic E-state index is 12.9. The number of benzene rings is 1. The predicted molar refractivity (Wildman–Crippen MR) is 102 cm³/mol. The summed E-state index contributed by atoms with van der Waals surface area (Å²) in [6, 6.07) is 6.56. The van der Waals surface area contributed by atoms with Crippen LogP contribution >= 0.6 is 0 Å². The molecule has 3 rings (SSSR count). The van der Waals surface area contributed by atoms with Gasteiger partial charge in [0.15, 0.2) is 0 Å². The van der Waals surface area contributed by atoms with Crippen LogP contribution in [0.3, 0.4) is 0 Å². The quantitative estimate of drug-likeness (QED) is 0.560. The fraction of sp³-hybridized carbons (Fsp3) is 0.632. The van der Waals surface area contributed by atoms with E-state index in [1.807, 2.05) is 4.90 Å². The van der Waals surface area contributed by atoms with E-state index in [-0.39, 0.29) is 24.1 Å². The first-order valence-electron chi connectivity index (χ1n) is 9.81. The summed E-state index contributed by atoms with van der Waals surface area (Å²) in [5.74, 6) is -0.204. The van der Waals surface area contributed by atoms with Gasteiger partial charge in [-0.25, -0.2) is 0 Å². The van der Waals surface area contributed by atoms with Gasteiger partial charge in [0.25, 0.3) is 5.69 Å². The van der Waals surface area contributed by atoms with Gasteiger partial charge in [0, 0.05) is 51.3 Å². The van der Waals surface area contributed by atoms with Crippen LogP contribution in [-0.2, 0) is 4.79 Å². The number of nitrogens with zero attached hydrogens (tertiary/aromatic N) is 4. The van der Waals surface area contributed by atoms with E-state index in [9.17, 15) is 28.1 Å². The van der Waals surface area contributed by atoms with Crippen molar-refractivity contribution < 1.29 is 22.9 Å². The molecule has 1 aromatic carbocycles. The van der Waals surface area contributed by atoms with Gasteiger partial charge in [-0.3, -0.25) is 19.8 Å². The van der Waals surface area contributed by atoms with E-state index in [0.29, 0.717) is 57.7 Å². The second-order valence-electron chi connectivity index (χ2n) is 7.58. The second kappa shape index (κ2) is 8.98. The number of carbonyl (C=O) groups is 1. The van der Waals surface area contributed by atoms with Crippen LogP contribution in [0.15, 0.2) is 24.3 Å². The van der Waals surface area contributed by atoms with Crippen LogP contribution in [-0.4, -0.2) is 72.6 Å². The van der Waals surface area contributed by atoms with Crippen molar-refractivity contribution in [2.24, 2.45) is 5.92 Å². The van der Waals surface area contributed by atoms with Crippen molar-refractivity contribution in [2.75, 3.05) is 50.7 Å². The Morgan fingerprint density at radius 3 is 2.41 bits per heavy atom. The van der Waals surface area contributed by atoms with Crippen LogP contribution in [0, 0.1) is 16.0 Å². The zero-order valence-electron chi connectivity index (χ0n) is 16.1. The zero-order valence-corrected chi connectivity index (χ0v) is 16.1. The second-order valence-corrected chi connectivity index (χ2v) is 7.58. The predicted octanol–water partition coefficient (Wildman–Crippen LogP) is 2.91. The van der Waals surface area contributed by atoms with Crippen molar-refractivity contribution in [1.82, 2.24) is 9.80 Å². The summed E-state index contributed by atoms with van der Waals surface area (Å²) in [7, 11) is 0. The Kier molecular flexibility index (Phi) is 6.61. The Balaban J connectivity index is 1.55. The molecule has 2 saturated heterocycles. The molecule has 29 heavy (non-hydrogen) atoms. The molecule has 0 aromatic heterocycles. The Morgan fingerprint density at radius 1 is 1.07 bits per heavy atom. The van der Waals surface area contributed by atoms with E-state index in [2.05, 4.69) is 0 Å². The van der Waals surface area contributed by atoms with Gasteiger partial charge in [0.05, 0.1) is 11.5 Å². The van der Waals surface area contributed by atoms with Gasteiger partial charge in [-0.15, -0.1) is 0 Å². The molecule has 160 valence electrons. The molecule has 0 saturated carbocycles. The molecule has 0 aliphatic carbocycles. The number of alkyl halides is 3. The highest BCUT2D eigenvalue weighted by Gasteiger charge is 2.34. The first kappa shape index (κ1) is 21.4. The lowest BCUT2D eigenvalue weighted by atomic mass is 9.94. The number of nitro groups is 1. The summed E-state index contributed by atoms with van der Waals surface area (Å²) < 4.78 is 37.8. The number of hydrogen-bond donors (Lipinski definition) is 0. The van der Waals surface area contributed by atoms with Gasteiger partial charge in [-0.05, 0) is 25.3 Å². The first-order chi connectivity index (χ1) is 13.7. The Bertz CT molecular complexity index is 736. The summed E-state index contributed by atoms with van der Waals surface area (Å²) in [5.41, 5.74) is 0.607. The minimum absolute atomic E-state index is 0.0129. The van der Waals surface area contributed by atoms with Crippen molar-refractivity contribution in [3.8, 4) is 0 Å². The Morgan fingerprint density at radius 2 is 1.76 bits per heavy atom. The highest BCUT2D eigenvalue weighted by molar-refractivity contribution is 5.79. The van der Waals surface area contributed by atoms with E-state index >= 15 is 0 Å². The average Bonchev–Trinajstić information content (AvgIpc) is 2.91. The van der Waals surface area contributed by atoms with Gasteiger partial charge in [0.1, 0.15) is 5.69 Å². The van der Waals surface area contributed by atoms with Crippen molar-refractivity contribution in [3.05, 3.63) is 34.4 Å². The molecule has 0 atom stereocenters. The number of anilines is 1. The molecule has 10 heteroatoms. The van der Waals surface area contributed by atoms with Crippen LogP contribution in [0.1, 0.15) is 19.3 Å². The number of halogens is 3. The third-order valence-electron chi connectivity index (χ3n) is 5.57. The van der Waals surface area contributed by atoms with Crippen LogP contribution in [0.25, 0.3) is 0 Å². The Labute approximate surface area is 167 Å². The Hall–Kier alpha value is -2.36. The SMILES string of the molecule is O=C(C1CCN(c2ccccc2[N+](=O)[O-])CC1)N1CCCN(CC(F)(F)F)CC1. The molecule has 0 spiro atoms. The van der Waals surface area contributed by atoms with E-state index in [4.69, 9.17) is 0 Å². The fourth-order valence-corrected chi connectivity index (χ4v) is 4.11. The molecular formula is C19H25F3N4O3. The molecule has 2 aliphatic heterocycles. The van der Waals surface area contributed by atoms with Gasteiger partial charge in [0.2, 0.25) is 5.91 Å². The van der Waals surface area contributed by atoms with Gasteiger partial charge >= 0.3 is 6.18 Å². The van der Waals surface area contributed by atoms with E-state index in [1.165, 1.54) is 11.0 Å². The van der Waals surface area contributed by atoms with E-state index in [0.717, 1.165) is 0 Å². The minimum atomic E-state index is -4.23. The standard InChI is InChI=1S/C19H25F3N4O3/c20-19(21,22)14-23-8-3-9-25(13-12-23)18(27)15-6-10-24(11-7-15)16-4-1-2-5-17(16)26(28)29/h1-2,4-5,15H,3,6-14H2. The number of carbonyl (C=O) groups excluding carboxylic acids is 1. The summed E-state index contributed by atoms with van der Waals surface area (Å²) in [5, 5.41) is 11.2. The highest BCUT2D eigenvalue weighted by atomic mass is 19.4.